The van der Waals surface area contributed by atoms with Crippen LogP contribution in [0.4, 0.5) is 15.8 Å². The van der Waals surface area contributed by atoms with Gasteiger partial charge in [-0.3, -0.25) is 9.59 Å². The summed E-state index contributed by atoms with van der Waals surface area (Å²) in [6, 6.07) is 16.4. The van der Waals surface area contributed by atoms with Gasteiger partial charge in [0.25, 0.3) is 0 Å². The van der Waals surface area contributed by atoms with E-state index in [-0.39, 0.29) is 30.6 Å². The van der Waals surface area contributed by atoms with Gasteiger partial charge in [-0.2, -0.15) is 4.98 Å². The summed E-state index contributed by atoms with van der Waals surface area (Å²) >= 11 is 0. The summed E-state index contributed by atoms with van der Waals surface area (Å²) in [5.74, 6) is -0.112. The van der Waals surface area contributed by atoms with E-state index in [1.54, 1.807) is 18.2 Å². The third-order valence-corrected chi connectivity index (χ3v) is 5.46. The number of amides is 2. The average molecular weight is 446 g/mol. The highest BCUT2D eigenvalue weighted by Gasteiger charge is 2.35. The Kier molecular flexibility index (Phi) is 5.43. The molecule has 0 spiro atoms. The summed E-state index contributed by atoms with van der Waals surface area (Å²) in [6.07, 6.45) is 1.93. The van der Waals surface area contributed by atoms with Gasteiger partial charge in [-0.25, -0.2) is 4.39 Å². The van der Waals surface area contributed by atoms with Crippen molar-refractivity contribution in [3.8, 4) is 11.6 Å². The standard InChI is InChI=1S/C24H19FN4O4/c25-17-7-9-18(10-8-17)29-14-16(13-22(29)30)24(31)26-19-5-2-1-4-15(19)12-21-27-23(28-33-21)20-6-3-11-32-20/h1-11,16H,12-14H2,(H,26,31). The van der Waals surface area contributed by atoms with Gasteiger partial charge in [-0.1, -0.05) is 23.4 Å². The molecule has 0 bridgehead atoms. The number of anilines is 2. The molecule has 1 saturated heterocycles. The van der Waals surface area contributed by atoms with Crippen LogP contribution in [0.3, 0.4) is 0 Å². The van der Waals surface area contributed by atoms with Crippen molar-refractivity contribution in [1.29, 1.82) is 0 Å². The minimum absolute atomic E-state index is 0.0849. The first-order valence-electron chi connectivity index (χ1n) is 10.4. The van der Waals surface area contributed by atoms with Gasteiger partial charge in [0.15, 0.2) is 5.76 Å². The minimum atomic E-state index is -0.524. The maximum Gasteiger partial charge on any atom is 0.238 e. The van der Waals surface area contributed by atoms with Crippen LogP contribution >= 0.6 is 0 Å². The van der Waals surface area contributed by atoms with Crippen LogP contribution in [-0.2, 0) is 16.0 Å². The highest BCUT2D eigenvalue weighted by Crippen LogP contribution is 2.27. The summed E-state index contributed by atoms with van der Waals surface area (Å²) in [5.41, 5.74) is 1.97. The second-order valence-electron chi connectivity index (χ2n) is 7.69. The lowest BCUT2D eigenvalue weighted by Crippen LogP contribution is -2.28. The molecule has 1 unspecified atom stereocenters. The summed E-state index contributed by atoms with van der Waals surface area (Å²) in [4.78, 5) is 31.2. The van der Waals surface area contributed by atoms with E-state index in [0.29, 0.717) is 35.3 Å². The van der Waals surface area contributed by atoms with E-state index in [1.807, 2.05) is 18.2 Å². The molecule has 0 saturated carbocycles. The quantitative estimate of drug-likeness (QED) is 0.480. The van der Waals surface area contributed by atoms with Crippen LogP contribution in [0.15, 0.2) is 75.9 Å². The van der Waals surface area contributed by atoms with E-state index in [9.17, 15) is 14.0 Å². The Balaban J connectivity index is 1.28. The van der Waals surface area contributed by atoms with Gasteiger partial charge >= 0.3 is 0 Å². The molecule has 1 N–H and O–H groups in total. The molecule has 33 heavy (non-hydrogen) atoms. The Morgan fingerprint density at radius 2 is 1.94 bits per heavy atom. The number of hydrogen-bond donors (Lipinski definition) is 1. The van der Waals surface area contributed by atoms with Gasteiger partial charge < -0.3 is 19.2 Å². The van der Waals surface area contributed by atoms with Crippen molar-refractivity contribution in [3.05, 3.63) is 84.2 Å². The number of halogens is 1. The number of hydrogen-bond acceptors (Lipinski definition) is 6. The summed E-state index contributed by atoms with van der Waals surface area (Å²) in [6.45, 7) is 0.231. The summed E-state index contributed by atoms with van der Waals surface area (Å²) in [7, 11) is 0. The molecule has 8 nitrogen and oxygen atoms in total. The number of nitrogens with zero attached hydrogens (tertiary/aromatic N) is 3. The van der Waals surface area contributed by atoms with Crippen LogP contribution in [0.5, 0.6) is 0 Å². The number of carbonyl (C=O) groups excluding carboxylic acids is 2. The third kappa shape index (κ3) is 4.38. The number of furan rings is 1. The number of rotatable bonds is 6. The van der Waals surface area contributed by atoms with Gasteiger partial charge in [0.1, 0.15) is 5.82 Å². The van der Waals surface area contributed by atoms with Gasteiger partial charge in [0.2, 0.25) is 23.5 Å². The molecule has 2 aromatic carbocycles. The number of para-hydroxylation sites is 1. The molecule has 2 aromatic heterocycles. The topological polar surface area (TPSA) is 101 Å². The van der Waals surface area contributed by atoms with Crippen LogP contribution < -0.4 is 10.2 Å². The van der Waals surface area contributed by atoms with Crippen molar-refractivity contribution in [3.63, 3.8) is 0 Å². The maximum atomic E-state index is 13.2. The molecule has 3 heterocycles. The minimum Gasteiger partial charge on any atom is -0.461 e. The number of nitrogens with one attached hydrogen (secondary N) is 1. The van der Waals surface area contributed by atoms with E-state index < -0.39 is 5.92 Å². The van der Waals surface area contributed by atoms with Crippen molar-refractivity contribution in [1.82, 2.24) is 10.1 Å². The fraction of sp³-hybridized carbons (Fsp3) is 0.167. The lowest BCUT2D eigenvalue weighted by Gasteiger charge is -2.17. The molecule has 2 amide bonds. The zero-order valence-electron chi connectivity index (χ0n) is 17.4. The van der Waals surface area contributed by atoms with Crippen LogP contribution in [0, 0.1) is 11.7 Å². The Morgan fingerprint density at radius 3 is 2.73 bits per heavy atom. The second kappa shape index (κ2) is 8.70. The van der Waals surface area contributed by atoms with Crippen LogP contribution in [0.1, 0.15) is 17.9 Å². The molecular weight excluding hydrogens is 427 g/mol. The smallest absolute Gasteiger partial charge is 0.238 e. The normalized spacial score (nSPS) is 15.7. The number of benzene rings is 2. The van der Waals surface area contributed by atoms with E-state index in [1.165, 1.54) is 35.4 Å². The molecule has 9 heteroatoms. The molecule has 0 aliphatic carbocycles. The highest BCUT2D eigenvalue weighted by molar-refractivity contribution is 6.03. The average Bonchev–Trinajstić information content (AvgIpc) is 3.57. The molecule has 1 atom stereocenters. The lowest BCUT2D eigenvalue weighted by molar-refractivity contribution is -0.122. The lowest BCUT2D eigenvalue weighted by atomic mass is 10.1. The van der Waals surface area contributed by atoms with Crippen molar-refractivity contribution >= 4 is 23.2 Å². The van der Waals surface area contributed by atoms with Gasteiger partial charge in [0.05, 0.1) is 18.6 Å². The van der Waals surface area contributed by atoms with Crippen LogP contribution in [0.25, 0.3) is 11.6 Å². The monoisotopic (exact) mass is 446 g/mol. The third-order valence-electron chi connectivity index (χ3n) is 5.46. The van der Waals surface area contributed by atoms with Gasteiger partial charge in [-0.15, -0.1) is 0 Å². The van der Waals surface area contributed by atoms with Crippen molar-refractivity contribution in [2.75, 3.05) is 16.8 Å². The highest BCUT2D eigenvalue weighted by atomic mass is 19.1. The van der Waals surface area contributed by atoms with Gasteiger partial charge in [0, 0.05) is 24.3 Å². The van der Waals surface area contributed by atoms with Crippen molar-refractivity contribution < 1.29 is 22.9 Å². The molecule has 1 aliphatic heterocycles. The van der Waals surface area contributed by atoms with E-state index >= 15 is 0 Å². The van der Waals surface area contributed by atoms with Crippen molar-refractivity contribution in [2.24, 2.45) is 5.92 Å². The summed E-state index contributed by atoms with van der Waals surface area (Å²) in [5, 5.41) is 6.85. The fourth-order valence-electron chi connectivity index (χ4n) is 3.78. The molecule has 5 rings (SSSR count). The number of carbonyl (C=O) groups is 2. The maximum absolute atomic E-state index is 13.2. The molecule has 1 aliphatic rings. The fourth-order valence-corrected chi connectivity index (χ4v) is 3.78. The van der Waals surface area contributed by atoms with E-state index in [4.69, 9.17) is 8.94 Å². The number of aromatic nitrogens is 2. The Morgan fingerprint density at radius 1 is 1.12 bits per heavy atom. The largest absolute Gasteiger partial charge is 0.461 e. The second-order valence-corrected chi connectivity index (χ2v) is 7.69. The molecular formula is C24H19FN4O4. The SMILES string of the molecule is O=C(Nc1ccccc1Cc1nc(-c2ccco2)no1)C1CC(=O)N(c2ccc(F)cc2)C1. The molecule has 166 valence electrons. The summed E-state index contributed by atoms with van der Waals surface area (Å²) < 4.78 is 23.8. The van der Waals surface area contributed by atoms with E-state index in [2.05, 4.69) is 15.5 Å². The Hall–Kier alpha value is -4.27. The molecule has 0 radical (unpaired) electrons. The molecule has 4 aromatic rings. The Labute approximate surface area is 188 Å². The van der Waals surface area contributed by atoms with E-state index in [0.717, 1.165) is 5.56 Å². The van der Waals surface area contributed by atoms with Crippen LogP contribution in [-0.4, -0.2) is 28.5 Å². The van der Waals surface area contributed by atoms with Crippen LogP contribution in [0.2, 0.25) is 0 Å². The predicted octanol–water partition coefficient (Wildman–Crippen LogP) is 4.05. The molecule has 1 fully saturated rings. The Bertz CT molecular complexity index is 1280. The first-order chi connectivity index (χ1) is 16.1. The van der Waals surface area contributed by atoms with Crippen molar-refractivity contribution in [2.45, 2.75) is 12.8 Å². The predicted molar refractivity (Wildman–Crippen MR) is 117 cm³/mol. The van der Waals surface area contributed by atoms with Gasteiger partial charge in [-0.05, 0) is 48.0 Å². The zero-order chi connectivity index (χ0) is 22.8. The first-order valence-corrected chi connectivity index (χ1v) is 10.4. The zero-order valence-corrected chi connectivity index (χ0v) is 17.4. The first kappa shape index (κ1) is 20.6.